The third kappa shape index (κ3) is 5.18. The first-order valence-corrected chi connectivity index (χ1v) is 9.62. The van der Waals surface area contributed by atoms with E-state index in [1.54, 1.807) is 6.07 Å². The third-order valence-corrected chi connectivity index (χ3v) is 5.20. The molecule has 1 heterocycles. The topological polar surface area (TPSA) is 78.7 Å². The van der Waals surface area contributed by atoms with Gasteiger partial charge in [0.25, 0.3) is 0 Å². The third-order valence-electron chi connectivity index (χ3n) is 5.20. The van der Waals surface area contributed by atoms with Gasteiger partial charge in [0, 0.05) is 44.0 Å². The first-order valence-electron chi connectivity index (χ1n) is 9.62. The fourth-order valence-electron chi connectivity index (χ4n) is 3.58. The predicted molar refractivity (Wildman–Crippen MR) is 111 cm³/mol. The summed E-state index contributed by atoms with van der Waals surface area (Å²) in [6.07, 6.45) is 0. The summed E-state index contributed by atoms with van der Waals surface area (Å²) in [5, 5.41) is 3.06. The van der Waals surface area contributed by atoms with E-state index in [0.717, 1.165) is 55.1 Å². The Hall–Kier alpha value is -2.70. The van der Waals surface area contributed by atoms with E-state index in [2.05, 4.69) is 15.1 Å². The molecule has 2 aromatic rings. The Bertz CT molecular complexity index is 837. The molecule has 0 unspecified atom stereocenters. The molecular weight excluding hydrogens is 352 g/mol. The molecular formula is C22H28N4O2. The molecule has 3 rings (SSSR count). The summed E-state index contributed by atoms with van der Waals surface area (Å²) in [5.41, 5.74) is 10.1. The van der Waals surface area contributed by atoms with Crippen molar-refractivity contribution in [3.8, 4) is 0 Å². The maximum absolute atomic E-state index is 12.4. The van der Waals surface area contributed by atoms with Crippen molar-refractivity contribution < 1.29 is 9.59 Å². The molecule has 0 aromatic heterocycles. The summed E-state index contributed by atoms with van der Waals surface area (Å²) in [4.78, 5) is 28.3. The van der Waals surface area contributed by atoms with E-state index >= 15 is 0 Å². The highest BCUT2D eigenvalue weighted by atomic mass is 16.2. The van der Waals surface area contributed by atoms with Gasteiger partial charge < -0.3 is 11.1 Å². The number of amides is 2. The smallest absolute Gasteiger partial charge is 0.248 e. The van der Waals surface area contributed by atoms with Gasteiger partial charge in [-0.2, -0.15) is 0 Å². The summed E-state index contributed by atoms with van der Waals surface area (Å²) in [6, 6.07) is 13.5. The molecule has 2 amide bonds. The number of carbonyl (C=O) groups excluding carboxylic acids is 2. The summed E-state index contributed by atoms with van der Waals surface area (Å²) >= 11 is 0. The molecule has 28 heavy (non-hydrogen) atoms. The second-order valence-electron chi connectivity index (χ2n) is 7.43. The maximum Gasteiger partial charge on any atom is 0.248 e. The number of carbonyl (C=O) groups is 2. The van der Waals surface area contributed by atoms with Crippen LogP contribution in [0, 0.1) is 13.8 Å². The summed E-state index contributed by atoms with van der Waals surface area (Å²) in [7, 11) is 0. The van der Waals surface area contributed by atoms with E-state index in [-0.39, 0.29) is 5.91 Å². The van der Waals surface area contributed by atoms with E-state index in [1.165, 1.54) is 0 Å². The van der Waals surface area contributed by atoms with Crippen LogP contribution in [0.3, 0.4) is 0 Å². The number of nitrogens with one attached hydrogen (secondary N) is 1. The van der Waals surface area contributed by atoms with Gasteiger partial charge in [0.05, 0.1) is 6.54 Å². The summed E-state index contributed by atoms with van der Waals surface area (Å²) < 4.78 is 0. The molecule has 0 aliphatic carbocycles. The van der Waals surface area contributed by atoms with Gasteiger partial charge in [-0.05, 0) is 42.7 Å². The normalized spacial score (nSPS) is 15.4. The average Bonchev–Trinajstić information content (AvgIpc) is 2.67. The van der Waals surface area contributed by atoms with Crippen LogP contribution < -0.4 is 11.1 Å². The SMILES string of the molecule is Cc1cccc(C)c1NC(=O)CN1CCN(Cc2cccc(C(N)=O)c2)CC1. The molecule has 0 radical (unpaired) electrons. The second-order valence-corrected chi connectivity index (χ2v) is 7.43. The van der Waals surface area contributed by atoms with Crippen LogP contribution >= 0.6 is 0 Å². The predicted octanol–water partition coefficient (Wildman–Crippen LogP) is 2.16. The molecule has 1 saturated heterocycles. The quantitative estimate of drug-likeness (QED) is 0.805. The number of benzene rings is 2. The standard InChI is InChI=1S/C22H28N4O2/c1-16-5-3-6-17(2)21(16)24-20(27)15-26-11-9-25(10-12-26)14-18-7-4-8-19(13-18)22(23)28/h3-8,13H,9-12,14-15H2,1-2H3,(H2,23,28)(H,24,27). The fourth-order valence-corrected chi connectivity index (χ4v) is 3.58. The highest BCUT2D eigenvalue weighted by Crippen LogP contribution is 2.19. The minimum atomic E-state index is -0.401. The molecule has 148 valence electrons. The Labute approximate surface area is 166 Å². The van der Waals surface area contributed by atoms with E-state index in [0.29, 0.717) is 12.1 Å². The van der Waals surface area contributed by atoms with Crippen LogP contribution in [0.4, 0.5) is 5.69 Å². The Kier molecular flexibility index (Phi) is 6.44. The summed E-state index contributed by atoms with van der Waals surface area (Å²) in [6.45, 7) is 8.66. The fraction of sp³-hybridized carbons (Fsp3) is 0.364. The molecule has 6 heteroatoms. The molecule has 1 fully saturated rings. The van der Waals surface area contributed by atoms with Crippen LogP contribution in [-0.2, 0) is 11.3 Å². The van der Waals surface area contributed by atoms with Gasteiger partial charge in [-0.1, -0.05) is 30.3 Å². The first-order chi connectivity index (χ1) is 13.4. The van der Waals surface area contributed by atoms with Crippen LogP contribution in [-0.4, -0.2) is 54.3 Å². The number of rotatable bonds is 6. The van der Waals surface area contributed by atoms with Crippen LogP contribution in [0.25, 0.3) is 0 Å². The van der Waals surface area contributed by atoms with E-state index < -0.39 is 5.91 Å². The molecule has 2 aromatic carbocycles. The Morgan fingerprint density at radius 1 is 0.964 bits per heavy atom. The number of nitrogens with zero attached hydrogens (tertiary/aromatic N) is 2. The maximum atomic E-state index is 12.4. The van der Waals surface area contributed by atoms with Crippen molar-refractivity contribution in [2.75, 3.05) is 38.0 Å². The van der Waals surface area contributed by atoms with Gasteiger partial charge in [0.15, 0.2) is 0 Å². The van der Waals surface area contributed by atoms with E-state index in [1.807, 2.05) is 50.2 Å². The lowest BCUT2D eigenvalue weighted by molar-refractivity contribution is -0.117. The molecule has 6 nitrogen and oxygen atoms in total. The van der Waals surface area contributed by atoms with Gasteiger partial charge >= 0.3 is 0 Å². The number of para-hydroxylation sites is 1. The molecule has 0 atom stereocenters. The van der Waals surface area contributed by atoms with Crippen molar-refractivity contribution in [2.24, 2.45) is 5.73 Å². The Balaban J connectivity index is 1.48. The van der Waals surface area contributed by atoms with Crippen LogP contribution in [0.2, 0.25) is 0 Å². The summed E-state index contributed by atoms with van der Waals surface area (Å²) in [5.74, 6) is -0.374. The minimum absolute atomic E-state index is 0.0278. The number of anilines is 1. The highest BCUT2D eigenvalue weighted by molar-refractivity contribution is 5.94. The van der Waals surface area contributed by atoms with E-state index in [4.69, 9.17) is 5.73 Å². The van der Waals surface area contributed by atoms with Crippen molar-refractivity contribution in [1.29, 1.82) is 0 Å². The Morgan fingerprint density at radius 3 is 2.21 bits per heavy atom. The van der Waals surface area contributed by atoms with Crippen LogP contribution in [0.1, 0.15) is 27.0 Å². The zero-order valence-corrected chi connectivity index (χ0v) is 16.6. The molecule has 1 aliphatic heterocycles. The molecule has 0 bridgehead atoms. The number of aryl methyl sites for hydroxylation is 2. The molecule has 0 saturated carbocycles. The van der Waals surface area contributed by atoms with Gasteiger partial charge in [0.2, 0.25) is 11.8 Å². The van der Waals surface area contributed by atoms with Gasteiger partial charge in [-0.15, -0.1) is 0 Å². The highest BCUT2D eigenvalue weighted by Gasteiger charge is 2.19. The first kappa shape index (κ1) is 20.0. The minimum Gasteiger partial charge on any atom is -0.366 e. The van der Waals surface area contributed by atoms with Crippen molar-refractivity contribution in [1.82, 2.24) is 9.80 Å². The number of piperazine rings is 1. The number of nitrogens with two attached hydrogens (primary N) is 1. The second kappa shape index (κ2) is 8.99. The van der Waals surface area contributed by atoms with E-state index in [9.17, 15) is 9.59 Å². The van der Waals surface area contributed by atoms with Gasteiger partial charge in [0.1, 0.15) is 0 Å². The molecule has 3 N–H and O–H groups in total. The van der Waals surface area contributed by atoms with Crippen molar-refractivity contribution in [3.05, 3.63) is 64.7 Å². The lowest BCUT2D eigenvalue weighted by Gasteiger charge is -2.34. The largest absolute Gasteiger partial charge is 0.366 e. The van der Waals surface area contributed by atoms with Gasteiger partial charge in [-0.3, -0.25) is 19.4 Å². The molecule has 1 aliphatic rings. The lowest BCUT2D eigenvalue weighted by Crippen LogP contribution is -2.48. The van der Waals surface area contributed by atoms with Crippen molar-refractivity contribution in [3.63, 3.8) is 0 Å². The van der Waals surface area contributed by atoms with Crippen molar-refractivity contribution in [2.45, 2.75) is 20.4 Å². The zero-order valence-electron chi connectivity index (χ0n) is 16.6. The van der Waals surface area contributed by atoms with Crippen LogP contribution in [0.15, 0.2) is 42.5 Å². The number of hydrogen-bond donors (Lipinski definition) is 2. The van der Waals surface area contributed by atoms with Gasteiger partial charge in [-0.25, -0.2) is 0 Å². The molecule has 0 spiro atoms. The average molecular weight is 380 g/mol. The number of primary amides is 1. The monoisotopic (exact) mass is 380 g/mol. The zero-order chi connectivity index (χ0) is 20.1. The lowest BCUT2D eigenvalue weighted by atomic mass is 10.1. The van der Waals surface area contributed by atoms with Crippen molar-refractivity contribution >= 4 is 17.5 Å². The van der Waals surface area contributed by atoms with Crippen LogP contribution in [0.5, 0.6) is 0 Å². The Morgan fingerprint density at radius 2 is 1.57 bits per heavy atom. The number of hydrogen-bond acceptors (Lipinski definition) is 4.